The maximum absolute atomic E-state index is 13.2. The fourth-order valence-corrected chi connectivity index (χ4v) is 4.47. The lowest BCUT2D eigenvalue weighted by Gasteiger charge is -2.12. The summed E-state index contributed by atoms with van der Waals surface area (Å²) >= 11 is 0. The summed E-state index contributed by atoms with van der Waals surface area (Å²) < 4.78 is 32.9. The highest BCUT2D eigenvalue weighted by molar-refractivity contribution is 7.90. The van der Waals surface area contributed by atoms with E-state index in [-0.39, 0.29) is 10.6 Å². The van der Waals surface area contributed by atoms with Crippen LogP contribution in [-0.2, 0) is 10.0 Å². The van der Waals surface area contributed by atoms with Crippen LogP contribution in [0.2, 0.25) is 0 Å². The fourth-order valence-electron chi connectivity index (χ4n) is 3.10. The first-order valence-electron chi connectivity index (χ1n) is 8.30. The number of aromatic nitrogens is 1. The molecule has 0 fully saturated rings. The summed E-state index contributed by atoms with van der Waals surface area (Å²) in [4.78, 5) is 0.182. The van der Waals surface area contributed by atoms with Gasteiger partial charge in [-0.15, -0.1) is 0 Å². The minimum Gasteiger partial charge on any atom is -0.508 e. The Morgan fingerprint density at radius 2 is 1.59 bits per heavy atom. The van der Waals surface area contributed by atoms with E-state index >= 15 is 0 Å². The van der Waals surface area contributed by atoms with Crippen molar-refractivity contribution < 1.29 is 18.3 Å². The van der Waals surface area contributed by atoms with Crippen LogP contribution in [0.3, 0.4) is 0 Å². The van der Waals surface area contributed by atoms with Gasteiger partial charge >= 0.3 is 0 Å². The van der Waals surface area contributed by atoms with E-state index < -0.39 is 10.0 Å². The number of hydrogen-bond donors (Lipinski definition) is 1. The van der Waals surface area contributed by atoms with Gasteiger partial charge in [0.25, 0.3) is 10.0 Å². The van der Waals surface area contributed by atoms with E-state index in [2.05, 4.69) is 0 Å². The zero-order chi connectivity index (χ0) is 19.0. The summed E-state index contributed by atoms with van der Waals surface area (Å²) in [5.41, 5.74) is 2.19. The van der Waals surface area contributed by atoms with Crippen LogP contribution in [0.25, 0.3) is 22.0 Å². The molecule has 1 N–H and O–H groups in total. The van der Waals surface area contributed by atoms with Gasteiger partial charge in [-0.2, -0.15) is 0 Å². The van der Waals surface area contributed by atoms with Gasteiger partial charge in [0.05, 0.1) is 17.5 Å². The van der Waals surface area contributed by atoms with Crippen LogP contribution in [0, 0.1) is 0 Å². The molecule has 3 aromatic carbocycles. The number of ether oxygens (including phenoxy) is 1. The number of hydrogen-bond acceptors (Lipinski definition) is 4. The highest BCUT2D eigenvalue weighted by Crippen LogP contribution is 2.32. The Kier molecular flexibility index (Phi) is 4.12. The molecule has 0 aliphatic heterocycles. The Balaban J connectivity index is 1.93. The van der Waals surface area contributed by atoms with Gasteiger partial charge in [0.1, 0.15) is 11.5 Å². The fraction of sp³-hybridized carbons (Fsp3) is 0.0476. The molecule has 0 saturated heterocycles. The average Bonchev–Trinajstić information content (AvgIpc) is 3.14. The lowest BCUT2D eigenvalue weighted by Crippen LogP contribution is -2.12. The van der Waals surface area contributed by atoms with E-state index in [1.807, 2.05) is 18.2 Å². The number of phenolic OH excluding ortho intramolecular Hbond substituents is 1. The van der Waals surface area contributed by atoms with Crippen LogP contribution in [0.15, 0.2) is 83.9 Å². The number of fused-ring (bicyclic) bond motifs is 1. The van der Waals surface area contributed by atoms with Crippen molar-refractivity contribution in [3.63, 3.8) is 0 Å². The maximum atomic E-state index is 13.2. The second-order valence-corrected chi connectivity index (χ2v) is 7.90. The zero-order valence-corrected chi connectivity index (χ0v) is 15.3. The van der Waals surface area contributed by atoms with Gasteiger partial charge < -0.3 is 9.84 Å². The molecule has 6 heteroatoms. The van der Waals surface area contributed by atoms with E-state index in [1.165, 1.54) is 23.2 Å². The number of nitrogens with zero attached hydrogens (tertiary/aromatic N) is 1. The van der Waals surface area contributed by atoms with Crippen LogP contribution < -0.4 is 4.74 Å². The van der Waals surface area contributed by atoms with Gasteiger partial charge in [-0.05, 0) is 48.0 Å². The molecule has 0 bridgehead atoms. The number of benzene rings is 3. The predicted octanol–water partition coefficient (Wildman–Crippen LogP) is 4.26. The number of para-hydroxylation sites is 1. The van der Waals surface area contributed by atoms with Crippen LogP contribution in [0.4, 0.5) is 0 Å². The molecule has 0 aliphatic carbocycles. The maximum Gasteiger partial charge on any atom is 0.268 e. The van der Waals surface area contributed by atoms with E-state index in [4.69, 9.17) is 4.74 Å². The number of methoxy groups -OCH3 is 1. The van der Waals surface area contributed by atoms with Gasteiger partial charge in [-0.1, -0.05) is 30.3 Å². The van der Waals surface area contributed by atoms with Crippen LogP contribution >= 0.6 is 0 Å². The Morgan fingerprint density at radius 1 is 0.889 bits per heavy atom. The largest absolute Gasteiger partial charge is 0.508 e. The Hall–Kier alpha value is -3.25. The van der Waals surface area contributed by atoms with Gasteiger partial charge in [-0.3, -0.25) is 0 Å². The molecule has 0 aliphatic rings. The molecule has 1 aromatic heterocycles. The van der Waals surface area contributed by atoms with Crippen molar-refractivity contribution in [2.45, 2.75) is 4.90 Å². The normalized spacial score (nSPS) is 11.6. The monoisotopic (exact) mass is 379 g/mol. The molecule has 0 unspecified atom stereocenters. The molecule has 0 spiro atoms. The summed E-state index contributed by atoms with van der Waals surface area (Å²) in [6, 6.07) is 20.4. The smallest absolute Gasteiger partial charge is 0.268 e. The molecule has 0 radical (unpaired) electrons. The Bertz CT molecular complexity index is 1210. The van der Waals surface area contributed by atoms with Gasteiger partial charge in [0.15, 0.2) is 0 Å². The first-order valence-corrected chi connectivity index (χ1v) is 9.74. The van der Waals surface area contributed by atoms with E-state index in [0.717, 1.165) is 16.5 Å². The number of rotatable bonds is 4. The number of aromatic hydroxyl groups is 1. The lowest BCUT2D eigenvalue weighted by molar-refractivity contribution is 0.414. The van der Waals surface area contributed by atoms with Crippen molar-refractivity contribution in [2.75, 3.05) is 7.11 Å². The van der Waals surface area contributed by atoms with Gasteiger partial charge in [0, 0.05) is 17.1 Å². The van der Waals surface area contributed by atoms with E-state index in [1.54, 1.807) is 48.7 Å². The average molecular weight is 379 g/mol. The summed E-state index contributed by atoms with van der Waals surface area (Å²) in [6.45, 7) is 0. The van der Waals surface area contributed by atoms with Crippen molar-refractivity contribution >= 4 is 20.9 Å². The van der Waals surface area contributed by atoms with Crippen LogP contribution in [0.1, 0.15) is 0 Å². The molecule has 4 aromatic rings. The van der Waals surface area contributed by atoms with Crippen LogP contribution in [0.5, 0.6) is 11.5 Å². The second-order valence-electron chi connectivity index (χ2n) is 6.08. The summed E-state index contributed by atoms with van der Waals surface area (Å²) in [5, 5.41) is 10.4. The topological polar surface area (TPSA) is 68.5 Å². The van der Waals surface area contributed by atoms with Crippen molar-refractivity contribution in [2.24, 2.45) is 0 Å². The third kappa shape index (κ3) is 2.94. The molecule has 27 heavy (non-hydrogen) atoms. The van der Waals surface area contributed by atoms with Crippen molar-refractivity contribution in [1.82, 2.24) is 3.97 Å². The summed E-state index contributed by atoms with van der Waals surface area (Å²) in [5.74, 6) is 0.753. The summed E-state index contributed by atoms with van der Waals surface area (Å²) in [7, 11) is -2.24. The second kappa shape index (κ2) is 6.48. The minimum absolute atomic E-state index is 0.159. The lowest BCUT2D eigenvalue weighted by atomic mass is 10.0. The molecule has 0 atom stereocenters. The highest BCUT2D eigenvalue weighted by atomic mass is 32.2. The van der Waals surface area contributed by atoms with Gasteiger partial charge in [-0.25, -0.2) is 12.4 Å². The Morgan fingerprint density at radius 3 is 2.26 bits per heavy atom. The van der Waals surface area contributed by atoms with Gasteiger partial charge in [0.2, 0.25) is 0 Å². The first-order chi connectivity index (χ1) is 13.0. The molecule has 4 rings (SSSR count). The summed E-state index contributed by atoms with van der Waals surface area (Å²) in [6.07, 6.45) is 1.56. The SMILES string of the molecule is COc1ccc(S(=O)(=O)n2ccc3cccc(-c4ccc(O)cc4)c32)cc1. The van der Waals surface area contributed by atoms with E-state index in [9.17, 15) is 13.5 Å². The highest BCUT2D eigenvalue weighted by Gasteiger charge is 2.21. The Labute approximate surface area is 157 Å². The standard InChI is InChI=1S/C21H17NO4S/c1-26-18-9-11-19(12-10-18)27(24,25)22-14-13-16-3-2-4-20(21(16)22)15-5-7-17(23)8-6-15/h2-14,23H,1H3. The van der Waals surface area contributed by atoms with Crippen molar-refractivity contribution in [1.29, 1.82) is 0 Å². The van der Waals surface area contributed by atoms with Crippen LogP contribution in [-0.4, -0.2) is 24.6 Å². The molecular formula is C21H17NO4S. The van der Waals surface area contributed by atoms with E-state index in [0.29, 0.717) is 11.3 Å². The third-order valence-corrected chi connectivity index (χ3v) is 6.16. The molecule has 5 nitrogen and oxygen atoms in total. The quantitative estimate of drug-likeness (QED) is 0.575. The predicted molar refractivity (Wildman–Crippen MR) is 105 cm³/mol. The molecule has 1 heterocycles. The molecule has 136 valence electrons. The molecule has 0 saturated carbocycles. The van der Waals surface area contributed by atoms with Crippen molar-refractivity contribution in [3.8, 4) is 22.6 Å². The third-order valence-electron chi connectivity index (χ3n) is 4.47. The zero-order valence-electron chi connectivity index (χ0n) is 14.5. The molecule has 0 amide bonds. The van der Waals surface area contributed by atoms with Crippen molar-refractivity contribution in [3.05, 3.63) is 79.0 Å². The molecular weight excluding hydrogens is 362 g/mol. The first kappa shape index (κ1) is 17.2. The number of phenols is 1. The minimum atomic E-state index is -3.77.